The van der Waals surface area contributed by atoms with E-state index in [1.807, 2.05) is 24.8 Å². The highest BCUT2D eigenvalue weighted by molar-refractivity contribution is 7.80. The Hall–Kier alpha value is -2.14. The molecule has 0 saturated carbocycles. The molecule has 5 heteroatoms. The second-order valence-electron chi connectivity index (χ2n) is 4.74. The predicted molar refractivity (Wildman–Crippen MR) is 87.8 cm³/mol. The van der Waals surface area contributed by atoms with Gasteiger partial charge in [-0.1, -0.05) is 18.3 Å². The van der Waals surface area contributed by atoms with Gasteiger partial charge in [-0.05, 0) is 43.7 Å². The molecule has 0 radical (unpaired) electrons. The van der Waals surface area contributed by atoms with Crippen LogP contribution in [0.3, 0.4) is 0 Å². The Morgan fingerprint density at radius 3 is 2.57 bits per heavy atom. The zero-order valence-corrected chi connectivity index (χ0v) is 12.7. The number of nitrogens with two attached hydrogens (primary N) is 1. The van der Waals surface area contributed by atoms with Gasteiger partial charge >= 0.3 is 0 Å². The van der Waals surface area contributed by atoms with Gasteiger partial charge in [0.2, 0.25) is 0 Å². The van der Waals surface area contributed by atoms with E-state index in [4.69, 9.17) is 18.0 Å². The van der Waals surface area contributed by atoms with Crippen LogP contribution in [-0.2, 0) is 0 Å². The Labute approximate surface area is 128 Å². The lowest BCUT2D eigenvalue weighted by atomic mass is 10.1. The van der Waals surface area contributed by atoms with Crippen LogP contribution in [0.15, 0.2) is 36.4 Å². The maximum absolute atomic E-state index is 14.0. The third-order valence-corrected chi connectivity index (χ3v) is 3.55. The predicted octanol–water partition coefficient (Wildman–Crippen LogP) is 3.63. The lowest BCUT2D eigenvalue weighted by Gasteiger charge is -2.25. The van der Waals surface area contributed by atoms with Crippen molar-refractivity contribution in [1.82, 2.24) is 0 Å². The van der Waals surface area contributed by atoms with Gasteiger partial charge in [0.1, 0.15) is 16.6 Å². The summed E-state index contributed by atoms with van der Waals surface area (Å²) in [6.45, 7) is 4.54. The molecule has 0 aliphatic rings. The number of benzene rings is 2. The lowest BCUT2D eigenvalue weighted by molar-refractivity contribution is 0.475. The fourth-order valence-electron chi connectivity index (χ4n) is 2.25. The molecular formula is C16H17FN2OS. The van der Waals surface area contributed by atoms with E-state index in [9.17, 15) is 9.50 Å². The zero-order valence-electron chi connectivity index (χ0n) is 11.9. The maximum atomic E-state index is 14.0. The first-order chi connectivity index (χ1) is 9.93. The van der Waals surface area contributed by atoms with Gasteiger partial charge in [-0.15, -0.1) is 0 Å². The molecule has 21 heavy (non-hydrogen) atoms. The molecule has 0 aliphatic carbocycles. The second-order valence-corrected chi connectivity index (χ2v) is 5.18. The minimum atomic E-state index is -0.448. The van der Waals surface area contributed by atoms with Crippen LogP contribution >= 0.6 is 12.2 Å². The molecule has 0 bridgehead atoms. The quantitative estimate of drug-likeness (QED) is 0.847. The van der Waals surface area contributed by atoms with Crippen LogP contribution in [0.2, 0.25) is 0 Å². The number of halogens is 1. The number of nitrogens with zero attached hydrogens (tertiary/aromatic N) is 1. The highest BCUT2D eigenvalue weighted by atomic mass is 32.1. The van der Waals surface area contributed by atoms with E-state index < -0.39 is 5.82 Å². The summed E-state index contributed by atoms with van der Waals surface area (Å²) in [6.07, 6.45) is 0. The molecule has 3 nitrogen and oxygen atoms in total. The third kappa shape index (κ3) is 3.13. The third-order valence-electron chi connectivity index (χ3n) is 3.33. The summed E-state index contributed by atoms with van der Waals surface area (Å²) in [7, 11) is 0. The van der Waals surface area contributed by atoms with Crippen molar-refractivity contribution < 1.29 is 9.50 Å². The number of phenolic OH excluding ortho intramolecular Hbond substituents is 1. The van der Waals surface area contributed by atoms with E-state index in [2.05, 4.69) is 0 Å². The lowest BCUT2D eigenvalue weighted by Crippen LogP contribution is -2.18. The molecule has 0 unspecified atom stereocenters. The number of aromatic hydroxyl groups is 1. The molecule has 2 aromatic rings. The van der Waals surface area contributed by atoms with Gasteiger partial charge in [-0.3, -0.25) is 0 Å². The van der Waals surface area contributed by atoms with Crippen molar-refractivity contribution in [3.63, 3.8) is 0 Å². The number of thiocarbonyl (C=S) groups is 1. The van der Waals surface area contributed by atoms with Crippen LogP contribution in [0.5, 0.6) is 5.75 Å². The van der Waals surface area contributed by atoms with E-state index in [-0.39, 0.29) is 16.3 Å². The van der Waals surface area contributed by atoms with Crippen molar-refractivity contribution in [1.29, 1.82) is 0 Å². The van der Waals surface area contributed by atoms with E-state index in [0.717, 1.165) is 11.3 Å². The molecule has 0 aliphatic heterocycles. The van der Waals surface area contributed by atoms with Gasteiger partial charge in [0.05, 0.1) is 0 Å². The summed E-state index contributed by atoms with van der Waals surface area (Å²) >= 11 is 4.81. The number of aryl methyl sites for hydroxylation is 1. The van der Waals surface area contributed by atoms with E-state index in [0.29, 0.717) is 12.2 Å². The van der Waals surface area contributed by atoms with E-state index in [1.165, 1.54) is 6.07 Å². The normalized spacial score (nSPS) is 10.4. The number of anilines is 2. The number of phenols is 1. The van der Waals surface area contributed by atoms with E-state index in [1.54, 1.807) is 24.3 Å². The summed E-state index contributed by atoms with van der Waals surface area (Å²) in [6, 6.07) is 9.87. The highest BCUT2D eigenvalue weighted by Crippen LogP contribution is 2.31. The monoisotopic (exact) mass is 304 g/mol. The van der Waals surface area contributed by atoms with Crippen molar-refractivity contribution in [2.24, 2.45) is 5.73 Å². The van der Waals surface area contributed by atoms with Crippen LogP contribution in [-0.4, -0.2) is 16.6 Å². The standard InChI is InChI=1S/C16H17FN2OS/c1-3-19(15-9-12(20)6-4-10(15)2)11-5-7-13(16(18)21)14(17)8-11/h4-9,20H,3H2,1-2H3,(H2,18,21). The van der Waals surface area contributed by atoms with Crippen molar-refractivity contribution in [3.05, 3.63) is 53.3 Å². The number of hydrogen-bond acceptors (Lipinski definition) is 3. The van der Waals surface area contributed by atoms with Gasteiger partial charge < -0.3 is 15.7 Å². The molecule has 110 valence electrons. The zero-order chi connectivity index (χ0) is 15.6. The van der Waals surface area contributed by atoms with Gasteiger partial charge in [0, 0.05) is 29.5 Å². The fourth-order valence-corrected chi connectivity index (χ4v) is 2.42. The molecule has 0 fully saturated rings. The Balaban J connectivity index is 2.49. The molecule has 0 spiro atoms. The van der Waals surface area contributed by atoms with Crippen molar-refractivity contribution in [2.45, 2.75) is 13.8 Å². The molecular weight excluding hydrogens is 287 g/mol. The Morgan fingerprint density at radius 1 is 1.29 bits per heavy atom. The molecule has 0 saturated heterocycles. The fraction of sp³-hybridized carbons (Fsp3) is 0.188. The minimum Gasteiger partial charge on any atom is -0.508 e. The Kier molecular flexibility index (Phi) is 4.43. The first-order valence-corrected chi connectivity index (χ1v) is 7.01. The maximum Gasteiger partial charge on any atom is 0.135 e. The summed E-state index contributed by atoms with van der Waals surface area (Å²) < 4.78 is 14.0. The summed E-state index contributed by atoms with van der Waals surface area (Å²) in [5.74, 6) is -0.273. The molecule has 2 rings (SSSR count). The second kappa shape index (κ2) is 6.10. The van der Waals surface area contributed by atoms with Crippen LogP contribution in [0, 0.1) is 12.7 Å². The average Bonchev–Trinajstić information content (AvgIpc) is 2.43. The van der Waals surface area contributed by atoms with Crippen molar-refractivity contribution >= 4 is 28.6 Å². The molecule has 3 N–H and O–H groups in total. The molecule has 0 aromatic heterocycles. The number of rotatable bonds is 4. The summed E-state index contributed by atoms with van der Waals surface area (Å²) in [4.78, 5) is 1.96. The first-order valence-electron chi connectivity index (χ1n) is 6.60. The van der Waals surface area contributed by atoms with Crippen molar-refractivity contribution in [2.75, 3.05) is 11.4 Å². The smallest absolute Gasteiger partial charge is 0.135 e. The van der Waals surface area contributed by atoms with Crippen molar-refractivity contribution in [3.8, 4) is 5.75 Å². The SMILES string of the molecule is CCN(c1ccc(C(N)=S)c(F)c1)c1cc(O)ccc1C. The first kappa shape index (κ1) is 15.3. The van der Waals surface area contributed by atoms with Gasteiger partial charge in [-0.25, -0.2) is 4.39 Å². The van der Waals surface area contributed by atoms with Crippen LogP contribution < -0.4 is 10.6 Å². The van der Waals surface area contributed by atoms with Gasteiger partial charge in [-0.2, -0.15) is 0 Å². The largest absolute Gasteiger partial charge is 0.508 e. The van der Waals surface area contributed by atoms with Crippen LogP contribution in [0.4, 0.5) is 15.8 Å². The Morgan fingerprint density at radius 2 is 2.00 bits per heavy atom. The molecule has 0 atom stereocenters. The molecule has 0 amide bonds. The number of hydrogen-bond donors (Lipinski definition) is 2. The molecule has 2 aromatic carbocycles. The summed E-state index contributed by atoms with van der Waals surface area (Å²) in [5.41, 5.74) is 8.22. The minimum absolute atomic E-state index is 0.0376. The Bertz CT molecular complexity index is 688. The highest BCUT2D eigenvalue weighted by Gasteiger charge is 2.14. The average molecular weight is 304 g/mol. The van der Waals surface area contributed by atoms with Crippen LogP contribution in [0.25, 0.3) is 0 Å². The van der Waals surface area contributed by atoms with E-state index >= 15 is 0 Å². The van der Waals surface area contributed by atoms with Crippen LogP contribution in [0.1, 0.15) is 18.1 Å². The van der Waals surface area contributed by atoms with Gasteiger partial charge in [0.15, 0.2) is 0 Å². The van der Waals surface area contributed by atoms with Gasteiger partial charge in [0.25, 0.3) is 0 Å². The topological polar surface area (TPSA) is 49.5 Å². The molecule has 0 heterocycles. The summed E-state index contributed by atoms with van der Waals surface area (Å²) in [5, 5.41) is 9.67.